The van der Waals surface area contributed by atoms with E-state index < -0.39 is 0 Å². The van der Waals surface area contributed by atoms with Gasteiger partial charge in [0, 0.05) is 31.8 Å². The number of likely N-dealkylation sites (N-methyl/N-ethyl adjacent to an activating group) is 1. The second-order valence-electron chi connectivity index (χ2n) is 5.91. The average Bonchev–Trinajstić information content (AvgIpc) is 3.22. The van der Waals surface area contributed by atoms with Crippen LogP contribution < -0.4 is 5.32 Å². The van der Waals surface area contributed by atoms with E-state index in [-0.39, 0.29) is 0 Å². The molecule has 0 aromatic heterocycles. The fourth-order valence-corrected chi connectivity index (χ4v) is 3.28. The zero-order valence-corrected chi connectivity index (χ0v) is 12.2. The Morgan fingerprint density at radius 2 is 1.89 bits per heavy atom. The van der Waals surface area contributed by atoms with Crippen molar-refractivity contribution < 1.29 is 4.74 Å². The highest BCUT2D eigenvalue weighted by molar-refractivity contribution is 4.86. The van der Waals surface area contributed by atoms with Crippen molar-refractivity contribution in [1.29, 1.82) is 0 Å². The first-order valence-electron chi connectivity index (χ1n) is 7.83. The third kappa shape index (κ3) is 4.22. The maximum Gasteiger partial charge on any atom is 0.0630 e. The molecule has 0 radical (unpaired) electrons. The molecule has 0 aromatic rings. The summed E-state index contributed by atoms with van der Waals surface area (Å²) in [5, 5.41) is 3.67. The van der Waals surface area contributed by atoms with Gasteiger partial charge in [-0.2, -0.15) is 0 Å². The molecule has 0 bridgehead atoms. The van der Waals surface area contributed by atoms with Crippen LogP contribution in [0.25, 0.3) is 0 Å². The van der Waals surface area contributed by atoms with E-state index in [0.717, 1.165) is 31.8 Å². The summed E-state index contributed by atoms with van der Waals surface area (Å²) in [6.07, 6.45) is 9.77. The van der Waals surface area contributed by atoms with E-state index in [9.17, 15) is 0 Å². The summed E-state index contributed by atoms with van der Waals surface area (Å²) in [5.74, 6) is 0. The van der Waals surface area contributed by atoms with Crippen molar-refractivity contribution in [3.8, 4) is 0 Å². The summed E-state index contributed by atoms with van der Waals surface area (Å²) < 4.78 is 5.45. The first-order chi connectivity index (χ1) is 8.85. The van der Waals surface area contributed by atoms with Crippen molar-refractivity contribution in [3.63, 3.8) is 0 Å². The van der Waals surface area contributed by atoms with Gasteiger partial charge in [0.1, 0.15) is 0 Å². The molecule has 1 unspecified atom stereocenters. The Labute approximate surface area is 112 Å². The van der Waals surface area contributed by atoms with Gasteiger partial charge in [-0.05, 0) is 32.2 Å². The van der Waals surface area contributed by atoms with E-state index in [1.807, 2.05) is 7.11 Å². The molecule has 2 saturated carbocycles. The van der Waals surface area contributed by atoms with Gasteiger partial charge in [-0.3, -0.25) is 4.90 Å². The molecule has 0 heterocycles. The minimum atomic E-state index is 0.559. The zero-order chi connectivity index (χ0) is 12.8. The lowest BCUT2D eigenvalue weighted by Crippen LogP contribution is -2.50. The Morgan fingerprint density at radius 3 is 2.44 bits per heavy atom. The predicted molar refractivity (Wildman–Crippen MR) is 75.9 cm³/mol. The van der Waals surface area contributed by atoms with Crippen LogP contribution in [0.1, 0.15) is 51.9 Å². The molecule has 1 N–H and O–H groups in total. The van der Waals surface area contributed by atoms with Gasteiger partial charge in [0.2, 0.25) is 0 Å². The monoisotopic (exact) mass is 254 g/mol. The molecule has 106 valence electrons. The smallest absolute Gasteiger partial charge is 0.0630 e. The summed E-state index contributed by atoms with van der Waals surface area (Å²) in [5.41, 5.74) is 0. The molecule has 2 rings (SSSR count). The number of nitrogens with zero attached hydrogens (tertiary/aromatic N) is 1. The van der Waals surface area contributed by atoms with Crippen molar-refractivity contribution in [2.75, 3.05) is 26.8 Å². The molecule has 3 nitrogen and oxygen atoms in total. The Bertz CT molecular complexity index is 225. The number of nitrogens with one attached hydrogen (secondary N) is 1. The lowest BCUT2D eigenvalue weighted by atomic mass is 9.93. The maximum atomic E-state index is 5.45. The second-order valence-corrected chi connectivity index (χ2v) is 5.91. The first kappa shape index (κ1) is 14.3. The molecule has 2 fully saturated rings. The highest BCUT2D eigenvalue weighted by atomic mass is 16.5. The molecule has 0 amide bonds. The van der Waals surface area contributed by atoms with Crippen molar-refractivity contribution >= 4 is 0 Å². The van der Waals surface area contributed by atoms with E-state index in [0.29, 0.717) is 6.04 Å². The molecule has 2 aliphatic rings. The third-order valence-electron chi connectivity index (χ3n) is 4.46. The van der Waals surface area contributed by atoms with Crippen LogP contribution in [0.5, 0.6) is 0 Å². The van der Waals surface area contributed by atoms with Gasteiger partial charge in [-0.15, -0.1) is 0 Å². The molecule has 0 spiro atoms. The van der Waals surface area contributed by atoms with Gasteiger partial charge in [-0.1, -0.05) is 26.2 Å². The summed E-state index contributed by atoms with van der Waals surface area (Å²) in [7, 11) is 1.83. The SMILES string of the molecule is CCN(C1CCCCC1)C(CNC1CC1)COC. The Morgan fingerprint density at radius 1 is 1.17 bits per heavy atom. The largest absolute Gasteiger partial charge is 0.383 e. The second kappa shape index (κ2) is 7.46. The van der Waals surface area contributed by atoms with E-state index in [2.05, 4.69) is 17.1 Å². The number of ether oxygens (including phenoxy) is 1. The third-order valence-corrected chi connectivity index (χ3v) is 4.46. The molecule has 3 heteroatoms. The predicted octanol–water partition coefficient (Wildman–Crippen LogP) is 2.41. The fraction of sp³-hybridized carbons (Fsp3) is 1.00. The van der Waals surface area contributed by atoms with Crippen LogP contribution in [0.15, 0.2) is 0 Å². The lowest BCUT2D eigenvalue weighted by Gasteiger charge is -2.39. The summed E-state index contributed by atoms with van der Waals surface area (Å²) in [6, 6.07) is 2.16. The lowest BCUT2D eigenvalue weighted by molar-refractivity contribution is 0.0503. The molecule has 0 aromatic carbocycles. The number of hydrogen-bond donors (Lipinski definition) is 1. The Balaban J connectivity index is 1.85. The number of rotatable bonds is 8. The quantitative estimate of drug-likeness (QED) is 0.720. The van der Waals surface area contributed by atoms with Crippen molar-refractivity contribution in [1.82, 2.24) is 10.2 Å². The first-order valence-corrected chi connectivity index (χ1v) is 7.83. The molecule has 0 saturated heterocycles. The van der Waals surface area contributed by atoms with Gasteiger partial charge in [0.05, 0.1) is 6.61 Å². The Kier molecular flexibility index (Phi) is 5.93. The summed E-state index contributed by atoms with van der Waals surface area (Å²) in [4.78, 5) is 2.69. The summed E-state index contributed by atoms with van der Waals surface area (Å²) in [6.45, 7) is 5.42. The fourth-order valence-electron chi connectivity index (χ4n) is 3.28. The van der Waals surface area contributed by atoms with Crippen LogP contribution in [0.3, 0.4) is 0 Å². The Hall–Kier alpha value is -0.120. The highest BCUT2D eigenvalue weighted by Gasteiger charge is 2.28. The minimum Gasteiger partial charge on any atom is -0.383 e. The van der Waals surface area contributed by atoms with Crippen LogP contribution in [0.2, 0.25) is 0 Å². The van der Waals surface area contributed by atoms with Gasteiger partial charge in [-0.25, -0.2) is 0 Å². The van der Waals surface area contributed by atoms with Crippen LogP contribution in [0.4, 0.5) is 0 Å². The van der Waals surface area contributed by atoms with E-state index in [1.54, 1.807) is 0 Å². The van der Waals surface area contributed by atoms with E-state index in [1.165, 1.54) is 44.9 Å². The standard InChI is InChI=1S/C15H30N2O/c1-3-17(14-7-5-4-6-8-14)15(12-18-2)11-16-13-9-10-13/h13-16H,3-12H2,1-2H3. The van der Waals surface area contributed by atoms with Crippen LogP contribution in [0, 0.1) is 0 Å². The summed E-state index contributed by atoms with van der Waals surface area (Å²) >= 11 is 0. The molecular weight excluding hydrogens is 224 g/mol. The molecule has 2 aliphatic carbocycles. The van der Waals surface area contributed by atoms with Crippen LogP contribution in [-0.4, -0.2) is 49.8 Å². The van der Waals surface area contributed by atoms with Crippen molar-refractivity contribution in [2.24, 2.45) is 0 Å². The van der Waals surface area contributed by atoms with Crippen LogP contribution in [-0.2, 0) is 4.74 Å². The number of methoxy groups -OCH3 is 1. The highest BCUT2D eigenvalue weighted by Crippen LogP contribution is 2.24. The molecule has 1 atom stereocenters. The van der Waals surface area contributed by atoms with E-state index in [4.69, 9.17) is 4.74 Å². The van der Waals surface area contributed by atoms with E-state index >= 15 is 0 Å². The maximum absolute atomic E-state index is 5.45. The van der Waals surface area contributed by atoms with Crippen molar-refractivity contribution in [3.05, 3.63) is 0 Å². The van der Waals surface area contributed by atoms with Crippen LogP contribution >= 0.6 is 0 Å². The number of hydrogen-bond acceptors (Lipinski definition) is 3. The van der Waals surface area contributed by atoms with Crippen molar-refractivity contribution in [2.45, 2.75) is 70.0 Å². The molecular formula is C15H30N2O. The average molecular weight is 254 g/mol. The van der Waals surface area contributed by atoms with Gasteiger partial charge >= 0.3 is 0 Å². The zero-order valence-electron chi connectivity index (χ0n) is 12.2. The minimum absolute atomic E-state index is 0.559. The molecule has 18 heavy (non-hydrogen) atoms. The van der Waals surface area contributed by atoms with Gasteiger partial charge in [0.15, 0.2) is 0 Å². The normalized spacial score (nSPS) is 23.5. The molecule has 0 aliphatic heterocycles. The van der Waals surface area contributed by atoms with Gasteiger partial charge < -0.3 is 10.1 Å². The van der Waals surface area contributed by atoms with Gasteiger partial charge in [0.25, 0.3) is 0 Å². The topological polar surface area (TPSA) is 24.5 Å².